The van der Waals surface area contributed by atoms with E-state index < -0.39 is 18.1 Å². The lowest BCUT2D eigenvalue weighted by Gasteiger charge is -2.15. The van der Waals surface area contributed by atoms with Gasteiger partial charge in [-0.15, -0.1) is 0 Å². The molecule has 5 heteroatoms. The Morgan fingerprint density at radius 2 is 1.71 bits per heavy atom. The van der Waals surface area contributed by atoms with Crippen LogP contribution in [0.3, 0.4) is 0 Å². The van der Waals surface area contributed by atoms with Gasteiger partial charge in [-0.2, -0.15) is 13.2 Å². The first-order valence-corrected chi connectivity index (χ1v) is 4.61. The molecule has 0 spiro atoms. The fourth-order valence-electron chi connectivity index (χ4n) is 0.961. The minimum atomic E-state index is -4.77. The molecule has 0 saturated heterocycles. The van der Waals surface area contributed by atoms with Crippen LogP contribution < -0.4 is 5.32 Å². The number of rotatable bonds is 4. The summed E-state index contributed by atoms with van der Waals surface area (Å²) in [5.74, 6) is -1.42. The number of carbonyl (C=O) groups excluding carboxylic acids is 1. The molecule has 84 valence electrons. The van der Waals surface area contributed by atoms with Crippen LogP contribution in [0.4, 0.5) is 13.2 Å². The SMILES string of the molecule is CC(C)CCC(C)NC(=O)C(F)(F)F. The van der Waals surface area contributed by atoms with E-state index >= 15 is 0 Å². The second-order valence-electron chi connectivity index (χ2n) is 3.84. The van der Waals surface area contributed by atoms with Gasteiger partial charge in [-0.05, 0) is 25.7 Å². The molecule has 2 nitrogen and oxygen atoms in total. The predicted octanol–water partition coefficient (Wildman–Crippen LogP) is 2.49. The molecular formula is C9H16F3NO. The molecule has 14 heavy (non-hydrogen) atoms. The van der Waals surface area contributed by atoms with Gasteiger partial charge in [-0.25, -0.2) is 0 Å². The van der Waals surface area contributed by atoms with E-state index in [2.05, 4.69) is 0 Å². The molecular weight excluding hydrogens is 195 g/mol. The van der Waals surface area contributed by atoms with Gasteiger partial charge in [0.1, 0.15) is 0 Å². The molecule has 0 aromatic carbocycles. The predicted molar refractivity (Wildman–Crippen MR) is 47.7 cm³/mol. The first-order chi connectivity index (χ1) is 6.23. The van der Waals surface area contributed by atoms with Crippen LogP contribution in [0.15, 0.2) is 0 Å². The molecule has 1 unspecified atom stereocenters. The molecule has 0 aliphatic rings. The topological polar surface area (TPSA) is 29.1 Å². The highest BCUT2D eigenvalue weighted by molar-refractivity contribution is 5.81. The van der Waals surface area contributed by atoms with Gasteiger partial charge in [0.05, 0.1) is 0 Å². The zero-order valence-electron chi connectivity index (χ0n) is 8.61. The summed E-state index contributed by atoms with van der Waals surface area (Å²) in [6.45, 7) is 5.54. The van der Waals surface area contributed by atoms with Crippen LogP contribution >= 0.6 is 0 Å². The molecule has 0 rings (SSSR count). The Labute approximate surface area is 81.9 Å². The Balaban J connectivity index is 3.83. The second-order valence-corrected chi connectivity index (χ2v) is 3.84. The van der Waals surface area contributed by atoms with Gasteiger partial charge >= 0.3 is 12.1 Å². The van der Waals surface area contributed by atoms with Crippen LogP contribution in [0.2, 0.25) is 0 Å². The maximum Gasteiger partial charge on any atom is 0.471 e. The molecule has 0 aliphatic heterocycles. The molecule has 0 aliphatic carbocycles. The van der Waals surface area contributed by atoms with Gasteiger partial charge in [0, 0.05) is 6.04 Å². The lowest BCUT2D eigenvalue weighted by Crippen LogP contribution is -2.41. The Kier molecular flexibility index (Phi) is 4.94. The van der Waals surface area contributed by atoms with Crippen LogP contribution in [0.25, 0.3) is 0 Å². The van der Waals surface area contributed by atoms with Crippen LogP contribution in [0.1, 0.15) is 33.6 Å². The molecule has 0 saturated carbocycles. The number of carbonyl (C=O) groups is 1. The van der Waals surface area contributed by atoms with Gasteiger partial charge in [-0.3, -0.25) is 4.79 Å². The van der Waals surface area contributed by atoms with Crippen LogP contribution in [0.5, 0.6) is 0 Å². The number of hydrogen-bond acceptors (Lipinski definition) is 1. The Morgan fingerprint density at radius 3 is 2.07 bits per heavy atom. The van der Waals surface area contributed by atoms with Gasteiger partial charge < -0.3 is 5.32 Å². The highest BCUT2D eigenvalue weighted by Gasteiger charge is 2.39. The van der Waals surface area contributed by atoms with Crippen molar-refractivity contribution in [1.29, 1.82) is 0 Å². The second kappa shape index (κ2) is 5.22. The summed E-state index contributed by atoms with van der Waals surface area (Å²) in [5.41, 5.74) is 0. The maximum atomic E-state index is 11.8. The van der Waals surface area contributed by atoms with Crippen molar-refractivity contribution in [2.24, 2.45) is 5.92 Å². The van der Waals surface area contributed by atoms with Crippen molar-refractivity contribution < 1.29 is 18.0 Å². The van der Waals surface area contributed by atoms with Crippen molar-refractivity contribution in [3.63, 3.8) is 0 Å². The molecule has 0 fully saturated rings. The number of alkyl halides is 3. The lowest BCUT2D eigenvalue weighted by molar-refractivity contribution is -0.174. The molecule has 1 atom stereocenters. The normalized spacial score (nSPS) is 14.2. The minimum absolute atomic E-state index is 0.425. The maximum absolute atomic E-state index is 11.8. The minimum Gasteiger partial charge on any atom is -0.346 e. The molecule has 0 bridgehead atoms. The molecule has 1 N–H and O–H groups in total. The van der Waals surface area contributed by atoms with Gasteiger partial charge in [-0.1, -0.05) is 13.8 Å². The quantitative estimate of drug-likeness (QED) is 0.760. The van der Waals surface area contributed by atoms with Crippen LogP contribution in [-0.2, 0) is 4.79 Å². The number of hydrogen-bond donors (Lipinski definition) is 1. The highest BCUT2D eigenvalue weighted by Crippen LogP contribution is 2.15. The van der Waals surface area contributed by atoms with Crippen molar-refractivity contribution in [2.45, 2.75) is 45.8 Å². The first-order valence-electron chi connectivity index (χ1n) is 4.61. The molecule has 1 amide bonds. The van der Waals surface area contributed by atoms with E-state index in [1.807, 2.05) is 19.2 Å². The summed E-state index contributed by atoms with van der Waals surface area (Å²) in [7, 11) is 0. The Hall–Kier alpha value is -0.740. The Morgan fingerprint density at radius 1 is 1.21 bits per heavy atom. The van der Waals surface area contributed by atoms with E-state index in [1.54, 1.807) is 6.92 Å². The van der Waals surface area contributed by atoms with E-state index in [0.717, 1.165) is 6.42 Å². The monoisotopic (exact) mass is 211 g/mol. The summed E-state index contributed by atoms with van der Waals surface area (Å²) in [5, 5.41) is 1.91. The molecule has 0 heterocycles. The largest absolute Gasteiger partial charge is 0.471 e. The van der Waals surface area contributed by atoms with Gasteiger partial charge in [0.2, 0.25) is 0 Å². The smallest absolute Gasteiger partial charge is 0.346 e. The van der Waals surface area contributed by atoms with Gasteiger partial charge in [0.15, 0.2) is 0 Å². The first kappa shape index (κ1) is 13.3. The van der Waals surface area contributed by atoms with E-state index in [0.29, 0.717) is 12.3 Å². The summed E-state index contributed by atoms with van der Waals surface area (Å²) >= 11 is 0. The molecule has 0 radical (unpaired) electrons. The third-order valence-corrected chi connectivity index (χ3v) is 1.81. The van der Waals surface area contributed by atoms with Crippen LogP contribution in [0, 0.1) is 5.92 Å². The van der Waals surface area contributed by atoms with E-state index in [4.69, 9.17) is 0 Å². The van der Waals surface area contributed by atoms with Crippen molar-refractivity contribution in [3.05, 3.63) is 0 Å². The summed E-state index contributed by atoms with van der Waals surface area (Å²) < 4.78 is 35.4. The fourth-order valence-corrected chi connectivity index (χ4v) is 0.961. The van der Waals surface area contributed by atoms with Gasteiger partial charge in [0.25, 0.3) is 0 Å². The van der Waals surface area contributed by atoms with Crippen molar-refractivity contribution in [1.82, 2.24) is 5.32 Å². The lowest BCUT2D eigenvalue weighted by atomic mass is 10.0. The summed E-state index contributed by atoms with van der Waals surface area (Å²) in [6.07, 6.45) is -3.40. The zero-order chi connectivity index (χ0) is 11.4. The standard InChI is InChI=1S/C9H16F3NO/c1-6(2)4-5-7(3)13-8(14)9(10,11)12/h6-7H,4-5H2,1-3H3,(H,13,14). The van der Waals surface area contributed by atoms with Crippen molar-refractivity contribution in [2.75, 3.05) is 0 Å². The fraction of sp³-hybridized carbons (Fsp3) is 0.889. The highest BCUT2D eigenvalue weighted by atomic mass is 19.4. The zero-order valence-corrected chi connectivity index (χ0v) is 8.61. The third kappa shape index (κ3) is 5.83. The number of nitrogens with one attached hydrogen (secondary N) is 1. The number of halogens is 3. The van der Waals surface area contributed by atoms with Crippen molar-refractivity contribution in [3.8, 4) is 0 Å². The number of amides is 1. The summed E-state index contributed by atoms with van der Waals surface area (Å²) in [4.78, 5) is 10.5. The van der Waals surface area contributed by atoms with Crippen molar-refractivity contribution >= 4 is 5.91 Å². The molecule has 0 aromatic heterocycles. The van der Waals surface area contributed by atoms with E-state index in [9.17, 15) is 18.0 Å². The molecule has 0 aromatic rings. The van der Waals surface area contributed by atoms with Crippen LogP contribution in [-0.4, -0.2) is 18.1 Å². The summed E-state index contributed by atoms with van der Waals surface area (Å²) in [6, 6.07) is -0.425. The van der Waals surface area contributed by atoms with E-state index in [-0.39, 0.29) is 0 Å². The average Bonchev–Trinajstić information content (AvgIpc) is 1.99. The van der Waals surface area contributed by atoms with E-state index in [1.165, 1.54) is 0 Å². The Bertz CT molecular complexity index is 189. The average molecular weight is 211 g/mol. The third-order valence-electron chi connectivity index (χ3n) is 1.81.